The topological polar surface area (TPSA) is 89.7 Å². The number of carboxylic acids is 1. The number of rotatable bonds is 6. The fourth-order valence-corrected chi connectivity index (χ4v) is 2.50. The number of hydrogen-bond donors (Lipinski definition) is 1. The average molecular weight is 315 g/mol. The Bertz CT molecular complexity index is 742. The summed E-state index contributed by atoms with van der Waals surface area (Å²) in [5.74, 6) is -1.35. The van der Waals surface area contributed by atoms with E-state index < -0.39 is 16.8 Å². The van der Waals surface area contributed by atoms with Crippen LogP contribution in [0.25, 0.3) is 0 Å². The monoisotopic (exact) mass is 315 g/mol. The van der Waals surface area contributed by atoms with Crippen molar-refractivity contribution < 1.29 is 19.6 Å². The first-order chi connectivity index (χ1) is 10.9. The Kier molecular flexibility index (Phi) is 4.95. The van der Waals surface area contributed by atoms with Gasteiger partial charge in [-0.3, -0.25) is 14.9 Å². The highest BCUT2D eigenvalue weighted by atomic mass is 16.6. The Morgan fingerprint density at radius 2 is 2.00 bits per heavy atom. The van der Waals surface area contributed by atoms with Gasteiger partial charge in [0.2, 0.25) is 0 Å². The first-order valence-electron chi connectivity index (χ1n) is 7.03. The molecule has 1 unspecified atom stereocenters. The fraction of sp³-hybridized carbons (Fsp3) is 0.235. The highest BCUT2D eigenvalue weighted by Gasteiger charge is 2.24. The van der Waals surface area contributed by atoms with Crippen molar-refractivity contribution in [2.75, 3.05) is 7.11 Å². The number of ether oxygens (including phenoxy) is 1. The summed E-state index contributed by atoms with van der Waals surface area (Å²) in [4.78, 5) is 22.2. The molecule has 0 spiro atoms. The lowest BCUT2D eigenvalue weighted by molar-refractivity contribution is -0.385. The second kappa shape index (κ2) is 6.91. The standard InChI is InChI=1S/C17H17NO5/c1-11-7-8-12(10-15(11)18(21)22)9-14(17(19)20)13-5-3-4-6-16(13)23-2/h3-8,10,14H,9H2,1-2H3,(H,19,20). The number of nitro benzene ring substituents is 1. The van der Waals surface area contributed by atoms with Crippen LogP contribution >= 0.6 is 0 Å². The highest BCUT2D eigenvalue weighted by Crippen LogP contribution is 2.31. The number of carboxylic acid groups (broad SMARTS) is 1. The van der Waals surface area contributed by atoms with Crippen LogP contribution in [0.15, 0.2) is 42.5 Å². The SMILES string of the molecule is COc1ccccc1C(Cc1ccc(C)c([N+](=O)[O-])c1)C(=O)O. The zero-order chi connectivity index (χ0) is 17.0. The number of aryl methyl sites for hydroxylation is 1. The predicted octanol–water partition coefficient (Wildman–Crippen LogP) is 3.32. The number of aliphatic carboxylic acids is 1. The van der Waals surface area contributed by atoms with Gasteiger partial charge in [-0.15, -0.1) is 0 Å². The molecule has 0 aliphatic heterocycles. The molecular formula is C17H17NO5. The first-order valence-corrected chi connectivity index (χ1v) is 7.03. The fourth-order valence-electron chi connectivity index (χ4n) is 2.50. The van der Waals surface area contributed by atoms with E-state index in [1.807, 2.05) is 0 Å². The van der Waals surface area contributed by atoms with Gasteiger partial charge < -0.3 is 9.84 Å². The van der Waals surface area contributed by atoms with Crippen LogP contribution in [0.2, 0.25) is 0 Å². The van der Waals surface area contributed by atoms with Gasteiger partial charge in [-0.05, 0) is 25.0 Å². The third kappa shape index (κ3) is 3.66. The van der Waals surface area contributed by atoms with Crippen molar-refractivity contribution in [1.29, 1.82) is 0 Å². The number of hydrogen-bond acceptors (Lipinski definition) is 4. The van der Waals surface area contributed by atoms with E-state index in [9.17, 15) is 20.0 Å². The van der Waals surface area contributed by atoms with E-state index in [0.29, 0.717) is 22.4 Å². The molecule has 6 heteroatoms. The van der Waals surface area contributed by atoms with E-state index in [1.54, 1.807) is 43.3 Å². The van der Waals surface area contributed by atoms with E-state index in [4.69, 9.17) is 4.74 Å². The smallest absolute Gasteiger partial charge is 0.311 e. The molecule has 0 amide bonds. The largest absolute Gasteiger partial charge is 0.496 e. The van der Waals surface area contributed by atoms with Gasteiger partial charge in [-0.1, -0.05) is 30.3 Å². The molecule has 2 aromatic carbocycles. The molecular weight excluding hydrogens is 298 g/mol. The molecule has 120 valence electrons. The molecule has 0 fully saturated rings. The lowest BCUT2D eigenvalue weighted by Crippen LogP contribution is -2.15. The zero-order valence-corrected chi connectivity index (χ0v) is 12.9. The van der Waals surface area contributed by atoms with Crippen LogP contribution in [0.4, 0.5) is 5.69 Å². The Morgan fingerprint density at radius 1 is 1.30 bits per heavy atom. The second-order valence-corrected chi connectivity index (χ2v) is 5.21. The molecule has 0 saturated heterocycles. The maximum absolute atomic E-state index is 11.7. The molecule has 0 saturated carbocycles. The molecule has 23 heavy (non-hydrogen) atoms. The Labute approximate surface area is 133 Å². The molecule has 2 rings (SSSR count). The number of carbonyl (C=O) groups is 1. The third-order valence-corrected chi connectivity index (χ3v) is 3.72. The normalized spacial score (nSPS) is 11.7. The van der Waals surface area contributed by atoms with Gasteiger partial charge in [0.1, 0.15) is 5.75 Å². The van der Waals surface area contributed by atoms with E-state index in [1.165, 1.54) is 13.2 Å². The van der Waals surface area contributed by atoms with E-state index in [-0.39, 0.29) is 12.1 Å². The van der Waals surface area contributed by atoms with E-state index in [0.717, 1.165) is 0 Å². The zero-order valence-electron chi connectivity index (χ0n) is 12.9. The quantitative estimate of drug-likeness (QED) is 0.652. The number of nitrogens with zero attached hydrogens (tertiary/aromatic N) is 1. The van der Waals surface area contributed by atoms with Crippen LogP contribution in [0.5, 0.6) is 5.75 Å². The minimum absolute atomic E-state index is 0.00772. The van der Waals surface area contributed by atoms with Gasteiger partial charge in [0.25, 0.3) is 5.69 Å². The molecule has 1 atom stereocenters. The van der Waals surface area contributed by atoms with Crippen molar-refractivity contribution in [3.8, 4) is 5.75 Å². The van der Waals surface area contributed by atoms with E-state index in [2.05, 4.69) is 0 Å². The van der Waals surface area contributed by atoms with Crippen molar-refractivity contribution in [3.05, 3.63) is 69.3 Å². The molecule has 0 heterocycles. The van der Waals surface area contributed by atoms with Crippen LogP contribution in [0.3, 0.4) is 0 Å². The van der Waals surface area contributed by atoms with Gasteiger partial charge in [-0.25, -0.2) is 0 Å². The van der Waals surface area contributed by atoms with Gasteiger partial charge in [0.05, 0.1) is 18.0 Å². The second-order valence-electron chi connectivity index (χ2n) is 5.21. The van der Waals surface area contributed by atoms with Crippen molar-refractivity contribution in [2.45, 2.75) is 19.3 Å². The van der Waals surface area contributed by atoms with Crippen LogP contribution in [-0.2, 0) is 11.2 Å². The predicted molar refractivity (Wildman–Crippen MR) is 84.9 cm³/mol. The summed E-state index contributed by atoms with van der Waals surface area (Å²) in [5.41, 5.74) is 1.68. The number of nitro groups is 1. The summed E-state index contributed by atoms with van der Waals surface area (Å²) < 4.78 is 5.22. The average Bonchev–Trinajstić information content (AvgIpc) is 2.53. The van der Waals surface area contributed by atoms with Gasteiger partial charge in [0.15, 0.2) is 0 Å². The highest BCUT2D eigenvalue weighted by molar-refractivity contribution is 5.77. The first kappa shape index (κ1) is 16.5. The van der Waals surface area contributed by atoms with Gasteiger partial charge in [-0.2, -0.15) is 0 Å². The third-order valence-electron chi connectivity index (χ3n) is 3.72. The van der Waals surface area contributed by atoms with Crippen molar-refractivity contribution in [3.63, 3.8) is 0 Å². The van der Waals surface area contributed by atoms with Crippen LogP contribution in [-0.4, -0.2) is 23.1 Å². The lowest BCUT2D eigenvalue weighted by Gasteiger charge is -2.16. The van der Waals surface area contributed by atoms with Crippen LogP contribution in [0.1, 0.15) is 22.6 Å². The summed E-state index contributed by atoms with van der Waals surface area (Å²) in [6.45, 7) is 1.65. The Balaban J connectivity index is 2.39. The molecule has 6 nitrogen and oxygen atoms in total. The molecule has 0 aromatic heterocycles. The molecule has 0 aliphatic rings. The van der Waals surface area contributed by atoms with Gasteiger partial charge in [0, 0.05) is 17.2 Å². The minimum Gasteiger partial charge on any atom is -0.496 e. The number of para-hydroxylation sites is 1. The summed E-state index contributed by atoms with van der Waals surface area (Å²) in [6.07, 6.45) is 0.150. The molecule has 0 bridgehead atoms. The Morgan fingerprint density at radius 3 is 2.61 bits per heavy atom. The maximum Gasteiger partial charge on any atom is 0.311 e. The molecule has 1 N–H and O–H groups in total. The summed E-state index contributed by atoms with van der Waals surface area (Å²) in [5, 5.41) is 20.6. The number of benzene rings is 2. The van der Waals surface area contributed by atoms with Crippen molar-refractivity contribution >= 4 is 11.7 Å². The minimum atomic E-state index is -1.00. The van der Waals surface area contributed by atoms with E-state index >= 15 is 0 Å². The lowest BCUT2D eigenvalue weighted by atomic mass is 9.91. The van der Waals surface area contributed by atoms with Crippen molar-refractivity contribution in [1.82, 2.24) is 0 Å². The maximum atomic E-state index is 11.7. The number of methoxy groups -OCH3 is 1. The van der Waals surface area contributed by atoms with Gasteiger partial charge >= 0.3 is 5.97 Å². The molecule has 2 aromatic rings. The summed E-state index contributed by atoms with van der Waals surface area (Å²) in [7, 11) is 1.48. The van der Waals surface area contributed by atoms with Crippen molar-refractivity contribution in [2.24, 2.45) is 0 Å². The summed E-state index contributed by atoms with van der Waals surface area (Å²) in [6, 6.07) is 11.7. The van der Waals surface area contributed by atoms with Crippen LogP contribution < -0.4 is 4.74 Å². The summed E-state index contributed by atoms with van der Waals surface area (Å²) >= 11 is 0. The molecule has 0 radical (unpaired) electrons. The van der Waals surface area contributed by atoms with Crippen LogP contribution in [0, 0.1) is 17.0 Å². The molecule has 0 aliphatic carbocycles. The Hall–Kier alpha value is -2.89.